The number of aromatic nitrogens is 1. The van der Waals surface area contributed by atoms with E-state index in [1.54, 1.807) is 4.90 Å². The van der Waals surface area contributed by atoms with Gasteiger partial charge in [0.05, 0.1) is 6.04 Å². The Bertz CT molecular complexity index is 1580. The molecule has 218 valence electrons. The van der Waals surface area contributed by atoms with Gasteiger partial charge in [-0.2, -0.15) is 0 Å². The highest BCUT2D eigenvalue weighted by molar-refractivity contribution is 5.89. The van der Waals surface area contributed by atoms with E-state index in [2.05, 4.69) is 47.4 Å². The Kier molecular flexibility index (Phi) is 7.34. The maximum absolute atomic E-state index is 14.0. The largest absolute Gasteiger partial charge is 0.480 e. The second-order valence-corrected chi connectivity index (χ2v) is 13.1. The summed E-state index contributed by atoms with van der Waals surface area (Å²) in [7, 11) is 0. The van der Waals surface area contributed by atoms with Crippen molar-refractivity contribution in [1.29, 1.82) is 0 Å². The molecule has 1 aromatic heterocycles. The number of carboxylic acid groups (broad SMARTS) is 1. The molecule has 2 heterocycles. The summed E-state index contributed by atoms with van der Waals surface area (Å²) in [4.78, 5) is 32.2. The van der Waals surface area contributed by atoms with Crippen LogP contribution in [-0.4, -0.2) is 38.7 Å². The standard InChI is InChI=1S/C36H40N2O4/c1-35(2,3)42-34(41)38-30(33(39)40)22-28-27-14-8-9-15-29(27)37-31(28)32(38)36(20-10-5-11-21-36)23-24-16-18-26(19-17-24)25-12-6-4-7-13-25/h4,6-9,12-19,30,32,37H,5,10-11,20-23H2,1-3H3,(H,39,40)/t30-,32-/m1/s1. The first kappa shape index (κ1) is 28.1. The van der Waals surface area contributed by atoms with Crippen molar-refractivity contribution in [2.45, 2.75) is 83.4 Å². The zero-order valence-corrected chi connectivity index (χ0v) is 24.7. The van der Waals surface area contributed by atoms with E-state index < -0.39 is 29.7 Å². The lowest BCUT2D eigenvalue weighted by Gasteiger charge is -2.51. The fourth-order valence-electron chi connectivity index (χ4n) is 7.29. The molecule has 1 aliphatic carbocycles. The summed E-state index contributed by atoms with van der Waals surface area (Å²) in [6.07, 6.45) is 5.43. The van der Waals surface area contributed by atoms with Crippen molar-refractivity contribution in [1.82, 2.24) is 9.88 Å². The van der Waals surface area contributed by atoms with Gasteiger partial charge in [0, 0.05) is 28.4 Å². The average molecular weight is 565 g/mol. The van der Waals surface area contributed by atoms with Crippen molar-refractivity contribution in [3.63, 3.8) is 0 Å². The summed E-state index contributed by atoms with van der Waals surface area (Å²) < 4.78 is 5.94. The van der Waals surface area contributed by atoms with E-state index >= 15 is 0 Å². The number of H-pyrrole nitrogens is 1. The minimum Gasteiger partial charge on any atom is -0.480 e. The maximum Gasteiger partial charge on any atom is 0.411 e. The van der Waals surface area contributed by atoms with Crippen molar-refractivity contribution in [2.75, 3.05) is 0 Å². The number of carbonyl (C=O) groups excluding carboxylic acids is 1. The maximum atomic E-state index is 14.0. The number of aliphatic carboxylic acids is 1. The molecule has 6 rings (SSSR count). The van der Waals surface area contributed by atoms with Crippen LogP contribution in [0.2, 0.25) is 0 Å². The van der Waals surface area contributed by atoms with Crippen LogP contribution in [0.5, 0.6) is 0 Å². The number of amides is 1. The SMILES string of the molecule is CC(C)(C)OC(=O)N1[C@@H](C(=O)O)Cc2c([nH]c3ccccc23)[C@@H]1C1(Cc2ccc(-c3ccccc3)cc2)CCCCC1. The summed E-state index contributed by atoms with van der Waals surface area (Å²) in [5, 5.41) is 11.6. The van der Waals surface area contributed by atoms with Crippen molar-refractivity contribution in [3.8, 4) is 11.1 Å². The monoisotopic (exact) mass is 564 g/mol. The van der Waals surface area contributed by atoms with Crippen LogP contribution < -0.4 is 0 Å². The van der Waals surface area contributed by atoms with Crippen LogP contribution in [0.4, 0.5) is 4.79 Å². The lowest BCUT2D eigenvalue weighted by Crippen LogP contribution is -2.57. The molecule has 6 heteroatoms. The van der Waals surface area contributed by atoms with E-state index in [0.29, 0.717) is 0 Å². The van der Waals surface area contributed by atoms with Crippen molar-refractivity contribution < 1.29 is 19.4 Å². The highest BCUT2D eigenvalue weighted by Gasteiger charge is 2.53. The normalized spacial score (nSPS) is 20.2. The Balaban J connectivity index is 1.49. The molecule has 1 amide bonds. The predicted octanol–water partition coefficient (Wildman–Crippen LogP) is 8.32. The molecular weight excluding hydrogens is 524 g/mol. The number of carbonyl (C=O) groups is 2. The molecule has 2 aliphatic rings. The molecule has 0 radical (unpaired) electrons. The van der Waals surface area contributed by atoms with Crippen LogP contribution in [0.3, 0.4) is 0 Å². The number of rotatable bonds is 5. The van der Waals surface area contributed by atoms with Crippen LogP contribution in [0.15, 0.2) is 78.9 Å². The molecule has 4 aromatic rings. The Labute approximate surface area is 247 Å². The second kappa shape index (κ2) is 11.0. The number of hydrogen-bond donors (Lipinski definition) is 2. The Morgan fingerprint density at radius 1 is 0.905 bits per heavy atom. The zero-order valence-electron chi connectivity index (χ0n) is 24.7. The lowest BCUT2D eigenvalue weighted by atomic mass is 9.63. The van der Waals surface area contributed by atoms with Crippen LogP contribution in [0.1, 0.15) is 75.7 Å². The first-order valence-electron chi connectivity index (χ1n) is 15.1. The first-order chi connectivity index (χ1) is 20.2. The van der Waals surface area contributed by atoms with E-state index in [-0.39, 0.29) is 11.8 Å². The number of aromatic amines is 1. The van der Waals surface area contributed by atoms with Crippen molar-refractivity contribution in [2.24, 2.45) is 5.41 Å². The summed E-state index contributed by atoms with van der Waals surface area (Å²) in [6, 6.07) is 25.7. The summed E-state index contributed by atoms with van der Waals surface area (Å²) in [5.74, 6) is -1.00. The van der Waals surface area contributed by atoms with Gasteiger partial charge in [-0.1, -0.05) is 92.1 Å². The molecule has 0 bridgehead atoms. The smallest absolute Gasteiger partial charge is 0.411 e. The van der Waals surface area contributed by atoms with Gasteiger partial charge in [0.15, 0.2) is 0 Å². The molecule has 6 nitrogen and oxygen atoms in total. The minimum absolute atomic E-state index is 0.242. The Morgan fingerprint density at radius 3 is 2.21 bits per heavy atom. The highest BCUT2D eigenvalue weighted by atomic mass is 16.6. The van der Waals surface area contributed by atoms with Gasteiger partial charge in [-0.3, -0.25) is 4.90 Å². The van der Waals surface area contributed by atoms with Gasteiger partial charge in [-0.25, -0.2) is 9.59 Å². The fraction of sp³-hybridized carbons (Fsp3) is 0.389. The predicted molar refractivity (Wildman–Crippen MR) is 165 cm³/mol. The summed E-state index contributed by atoms with van der Waals surface area (Å²) in [6.45, 7) is 5.50. The quantitative estimate of drug-likeness (QED) is 0.255. The number of ether oxygens (including phenoxy) is 1. The number of benzene rings is 3. The number of para-hydroxylation sites is 1. The number of hydrogen-bond acceptors (Lipinski definition) is 3. The van der Waals surface area contributed by atoms with Crippen LogP contribution >= 0.6 is 0 Å². The van der Waals surface area contributed by atoms with Gasteiger partial charge >= 0.3 is 12.1 Å². The van der Waals surface area contributed by atoms with E-state index in [1.807, 2.05) is 57.2 Å². The topological polar surface area (TPSA) is 82.6 Å². The van der Waals surface area contributed by atoms with E-state index in [4.69, 9.17) is 4.74 Å². The molecule has 1 saturated carbocycles. The highest BCUT2D eigenvalue weighted by Crippen LogP contribution is 2.55. The van der Waals surface area contributed by atoms with Gasteiger partial charge in [0.25, 0.3) is 0 Å². The lowest BCUT2D eigenvalue weighted by molar-refractivity contribution is -0.146. The zero-order chi connectivity index (χ0) is 29.5. The average Bonchev–Trinajstić information content (AvgIpc) is 3.35. The third kappa shape index (κ3) is 5.31. The van der Waals surface area contributed by atoms with Gasteiger partial charge in [0.2, 0.25) is 0 Å². The summed E-state index contributed by atoms with van der Waals surface area (Å²) >= 11 is 0. The third-order valence-corrected chi connectivity index (χ3v) is 9.07. The van der Waals surface area contributed by atoms with Crippen molar-refractivity contribution >= 4 is 23.0 Å². The van der Waals surface area contributed by atoms with Crippen molar-refractivity contribution in [3.05, 3.63) is 95.7 Å². The molecule has 1 aliphatic heterocycles. The molecule has 42 heavy (non-hydrogen) atoms. The number of nitrogens with one attached hydrogen (secondary N) is 1. The summed E-state index contributed by atoms with van der Waals surface area (Å²) in [5.41, 5.74) is 5.36. The fourth-order valence-corrected chi connectivity index (χ4v) is 7.29. The van der Waals surface area contributed by atoms with Gasteiger partial charge in [-0.05, 0) is 68.4 Å². The number of carboxylic acids is 1. The molecule has 0 spiro atoms. The second-order valence-electron chi connectivity index (χ2n) is 13.1. The first-order valence-corrected chi connectivity index (χ1v) is 15.1. The van der Waals surface area contributed by atoms with E-state index in [0.717, 1.165) is 66.2 Å². The molecule has 0 saturated heterocycles. The van der Waals surface area contributed by atoms with Gasteiger partial charge in [-0.15, -0.1) is 0 Å². The van der Waals surface area contributed by atoms with Crippen LogP contribution in [0, 0.1) is 5.41 Å². The Morgan fingerprint density at radius 2 is 1.55 bits per heavy atom. The van der Waals surface area contributed by atoms with Gasteiger partial charge in [0.1, 0.15) is 11.6 Å². The molecule has 2 N–H and O–H groups in total. The molecular formula is C36H40N2O4. The minimum atomic E-state index is -1.02. The number of fused-ring (bicyclic) bond motifs is 3. The third-order valence-electron chi connectivity index (χ3n) is 9.07. The molecule has 1 fully saturated rings. The van der Waals surface area contributed by atoms with Crippen LogP contribution in [0.25, 0.3) is 22.0 Å². The van der Waals surface area contributed by atoms with Gasteiger partial charge < -0.3 is 14.8 Å². The molecule has 0 unspecified atom stereocenters. The Hall–Kier alpha value is -4.06. The van der Waals surface area contributed by atoms with Crippen LogP contribution in [-0.2, 0) is 22.4 Å². The van der Waals surface area contributed by atoms with E-state index in [1.165, 1.54) is 11.1 Å². The molecule has 3 aromatic carbocycles. The van der Waals surface area contributed by atoms with E-state index in [9.17, 15) is 14.7 Å². The number of nitrogens with zero attached hydrogens (tertiary/aromatic N) is 1. The molecule has 2 atom stereocenters.